The van der Waals surface area contributed by atoms with Crippen LogP contribution in [0.1, 0.15) is 36.8 Å². The van der Waals surface area contributed by atoms with Gasteiger partial charge in [0.25, 0.3) is 0 Å². The van der Waals surface area contributed by atoms with Gasteiger partial charge in [0.05, 0.1) is 5.69 Å². The minimum absolute atomic E-state index is 0.129. The molecule has 98 valence electrons. The van der Waals surface area contributed by atoms with E-state index in [-0.39, 0.29) is 5.91 Å². The highest BCUT2D eigenvalue weighted by Gasteiger charge is 2.42. The number of anilines is 1. The van der Waals surface area contributed by atoms with E-state index >= 15 is 0 Å². The highest BCUT2D eigenvalue weighted by molar-refractivity contribution is 5.97. The molecule has 4 heteroatoms. The number of hydrogen-bond acceptors (Lipinski definition) is 3. The van der Waals surface area contributed by atoms with Crippen molar-refractivity contribution >= 4 is 17.7 Å². The molecular formula is C15H16N2O2. The summed E-state index contributed by atoms with van der Waals surface area (Å²) in [5.74, 6) is 0.129. The molecule has 1 heterocycles. The van der Waals surface area contributed by atoms with Crippen molar-refractivity contribution in [2.24, 2.45) is 4.99 Å². The Kier molecular flexibility index (Phi) is 2.76. The van der Waals surface area contributed by atoms with Gasteiger partial charge in [-0.1, -0.05) is 18.2 Å². The number of benzene rings is 1. The van der Waals surface area contributed by atoms with Crippen LogP contribution >= 0.6 is 0 Å². The lowest BCUT2D eigenvalue weighted by Gasteiger charge is -2.41. The van der Waals surface area contributed by atoms with Crippen molar-refractivity contribution in [2.45, 2.75) is 37.6 Å². The Morgan fingerprint density at radius 2 is 2.11 bits per heavy atom. The number of carbonyl (C=O) groups is 1. The van der Waals surface area contributed by atoms with Crippen LogP contribution in [0.4, 0.5) is 5.69 Å². The molecule has 4 nitrogen and oxygen atoms in total. The maximum absolute atomic E-state index is 11.9. The fraction of sp³-hybridized carbons (Fsp3) is 0.467. The summed E-state index contributed by atoms with van der Waals surface area (Å²) in [6.45, 7) is 0. The van der Waals surface area contributed by atoms with Gasteiger partial charge < -0.3 is 4.90 Å². The van der Waals surface area contributed by atoms with Crippen molar-refractivity contribution in [1.29, 1.82) is 0 Å². The molecule has 0 aromatic heterocycles. The first-order chi connectivity index (χ1) is 9.18. The fourth-order valence-electron chi connectivity index (χ4n) is 3.14. The van der Waals surface area contributed by atoms with Crippen molar-refractivity contribution in [1.82, 2.24) is 0 Å². The van der Waals surface area contributed by atoms with E-state index < -0.39 is 5.54 Å². The van der Waals surface area contributed by atoms with Crippen LogP contribution in [-0.4, -0.2) is 19.0 Å². The number of fused-ring (bicyclic) bond motifs is 1. The van der Waals surface area contributed by atoms with Gasteiger partial charge in [-0.2, -0.15) is 4.99 Å². The molecule has 3 rings (SSSR count). The van der Waals surface area contributed by atoms with Crippen LogP contribution in [0.5, 0.6) is 0 Å². The van der Waals surface area contributed by atoms with Crippen molar-refractivity contribution in [2.75, 3.05) is 11.9 Å². The van der Waals surface area contributed by atoms with E-state index in [1.54, 1.807) is 18.0 Å². The second-order valence-electron chi connectivity index (χ2n) is 5.35. The van der Waals surface area contributed by atoms with E-state index in [0.717, 1.165) is 36.9 Å². The van der Waals surface area contributed by atoms with Gasteiger partial charge in [-0.25, -0.2) is 4.79 Å². The highest BCUT2D eigenvalue weighted by atomic mass is 16.2. The number of aliphatic imine (C=N–C) groups is 1. The predicted octanol–water partition coefficient (Wildman–Crippen LogP) is 2.31. The zero-order valence-electron chi connectivity index (χ0n) is 11.0. The number of aryl methyl sites for hydroxylation is 1. The Morgan fingerprint density at radius 3 is 2.74 bits per heavy atom. The predicted molar refractivity (Wildman–Crippen MR) is 71.8 cm³/mol. The Morgan fingerprint density at radius 1 is 1.32 bits per heavy atom. The Balaban J connectivity index is 2.18. The maximum Gasteiger partial charge on any atom is 0.235 e. The van der Waals surface area contributed by atoms with Gasteiger partial charge in [0.1, 0.15) is 5.54 Å². The summed E-state index contributed by atoms with van der Waals surface area (Å²) in [6, 6.07) is 6.05. The lowest BCUT2D eigenvalue weighted by molar-refractivity contribution is -0.118. The first-order valence-electron chi connectivity index (χ1n) is 6.66. The monoisotopic (exact) mass is 256 g/mol. The Hall–Kier alpha value is -1.93. The molecule has 1 aromatic rings. The lowest BCUT2D eigenvalue weighted by atomic mass is 9.71. The normalized spacial score (nSPS) is 20.3. The molecule has 1 aliphatic carbocycles. The van der Waals surface area contributed by atoms with E-state index in [9.17, 15) is 9.59 Å². The number of para-hydroxylation sites is 1. The van der Waals surface area contributed by atoms with Crippen molar-refractivity contribution in [3.63, 3.8) is 0 Å². The summed E-state index contributed by atoms with van der Waals surface area (Å²) < 4.78 is 0. The molecule has 0 N–H and O–H groups in total. The number of carbonyl (C=O) groups excluding carboxylic acids is 2. The van der Waals surface area contributed by atoms with Gasteiger partial charge in [0.2, 0.25) is 12.0 Å². The molecule has 0 spiro atoms. The number of isocyanates is 1. The average Bonchev–Trinajstić information content (AvgIpc) is 2.38. The third-order valence-electron chi connectivity index (χ3n) is 4.38. The van der Waals surface area contributed by atoms with Gasteiger partial charge >= 0.3 is 0 Å². The zero-order valence-corrected chi connectivity index (χ0v) is 11.0. The minimum atomic E-state index is -0.445. The fourth-order valence-corrected chi connectivity index (χ4v) is 3.14. The largest absolute Gasteiger partial charge is 0.315 e. The van der Waals surface area contributed by atoms with Gasteiger partial charge in [0, 0.05) is 19.0 Å². The molecule has 19 heavy (non-hydrogen) atoms. The molecule has 1 saturated carbocycles. The van der Waals surface area contributed by atoms with Crippen LogP contribution in [0.15, 0.2) is 23.2 Å². The van der Waals surface area contributed by atoms with E-state index in [2.05, 4.69) is 11.1 Å². The van der Waals surface area contributed by atoms with Crippen molar-refractivity contribution < 1.29 is 9.59 Å². The summed E-state index contributed by atoms with van der Waals surface area (Å²) in [6.07, 6.45) is 5.82. The highest BCUT2D eigenvalue weighted by Crippen LogP contribution is 2.49. The number of hydrogen-bond donors (Lipinski definition) is 0. The van der Waals surface area contributed by atoms with Crippen LogP contribution < -0.4 is 4.90 Å². The average molecular weight is 256 g/mol. The molecule has 2 aliphatic rings. The Labute approximate surface area is 112 Å². The molecule has 0 saturated heterocycles. The molecule has 0 atom stereocenters. The third-order valence-corrected chi connectivity index (χ3v) is 4.38. The summed E-state index contributed by atoms with van der Waals surface area (Å²) in [7, 11) is 1.81. The van der Waals surface area contributed by atoms with E-state index in [1.807, 2.05) is 12.1 Å². The molecular weight excluding hydrogens is 240 g/mol. The first-order valence-corrected chi connectivity index (χ1v) is 6.66. The van der Waals surface area contributed by atoms with Crippen molar-refractivity contribution in [3.05, 3.63) is 29.3 Å². The van der Waals surface area contributed by atoms with Gasteiger partial charge in [-0.05, 0) is 31.2 Å². The number of rotatable bonds is 2. The van der Waals surface area contributed by atoms with Crippen LogP contribution in [0.2, 0.25) is 0 Å². The molecule has 1 amide bonds. The Bertz CT molecular complexity index is 584. The molecule has 0 unspecified atom stereocenters. The van der Waals surface area contributed by atoms with Crippen LogP contribution in [0.25, 0.3) is 0 Å². The maximum atomic E-state index is 11.9. The summed E-state index contributed by atoms with van der Waals surface area (Å²) >= 11 is 0. The van der Waals surface area contributed by atoms with Crippen molar-refractivity contribution in [3.8, 4) is 0 Å². The smallest absolute Gasteiger partial charge is 0.235 e. The molecule has 0 radical (unpaired) electrons. The van der Waals surface area contributed by atoms with Gasteiger partial charge in [0.15, 0.2) is 0 Å². The molecule has 0 bridgehead atoms. The van der Waals surface area contributed by atoms with Crippen LogP contribution in [-0.2, 0) is 21.5 Å². The zero-order chi connectivity index (χ0) is 13.5. The molecule has 1 aromatic carbocycles. The summed E-state index contributed by atoms with van der Waals surface area (Å²) in [5, 5.41) is 0. The van der Waals surface area contributed by atoms with E-state index in [0.29, 0.717) is 6.42 Å². The van der Waals surface area contributed by atoms with Crippen LogP contribution in [0, 0.1) is 0 Å². The SMILES string of the molecule is CN1C(=O)CCc2cccc(C3(N=C=O)CCC3)c21. The lowest BCUT2D eigenvalue weighted by Crippen LogP contribution is -2.38. The van der Waals surface area contributed by atoms with E-state index in [1.165, 1.54) is 5.56 Å². The molecule has 1 aliphatic heterocycles. The first kappa shape index (κ1) is 12.1. The van der Waals surface area contributed by atoms with Gasteiger partial charge in [-0.15, -0.1) is 0 Å². The summed E-state index contributed by atoms with van der Waals surface area (Å²) in [5.41, 5.74) is 2.69. The number of amides is 1. The summed E-state index contributed by atoms with van der Waals surface area (Å²) in [4.78, 5) is 28.4. The minimum Gasteiger partial charge on any atom is -0.315 e. The van der Waals surface area contributed by atoms with E-state index in [4.69, 9.17) is 0 Å². The van der Waals surface area contributed by atoms with Crippen LogP contribution in [0.3, 0.4) is 0 Å². The standard InChI is InChI=1S/C15H16N2O2/c1-17-13(19)7-6-11-4-2-5-12(14(11)17)15(16-10-18)8-3-9-15/h2,4-5H,3,6-9H2,1H3. The number of nitrogens with zero attached hydrogens (tertiary/aromatic N) is 2. The second kappa shape index (κ2) is 4.32. The second-order valence-corrected chi connectivity index (χ2v) is 5.35. The van der Waals surface area contributed by atoms with Gasteiger partial charge in [-0.3, -0.25) is 4.79 Å². The third kappa shape index (κ3) is 1.71. The topological polar surface area (TPSA) is 49.7 Å². The molecule has 1 fully saturated rings. The quantitative estimate of drug-likeness (QED) is 0.602.